The zero-order chi connectivity index (χ0) is 14.8. The van der Waals surface area contributed by atoms with Crippen molar-refractivity contribution in [2.24, 2.45) is 0 Å². The summed E-state index contributed by atoms with van der Waals surface area (Å²) in [5, 5.41) is 2.17. The minimum Gasteiger partial charge on any atom is -0.355 e. The third-order valence-corrected chi connectivity index (χ3v) is 5.56. The van der Waals surface area contributed by atoms with Gasteiger partial charge in [-0.25, -0.2) is 9.97 Å². The van der Waals surface area contributed by atoms with Gasteiger partial charge in [0.2, 0.25) is 0 Å². The van der Waals surface area contributed by atoms with Gasteiger partial charge in [-0.2, -0.15) is 0 Å². The Morgan fingerprint density at radius 3 is 2.95 bits per heavy atom. The van der Waals surface area contributed by atoms with Gasteiger partial charge in [-0.05, 0) is 37.1 Å². The van der Waals surface area contributed by atoms with Gasteiger partial charge in [-0.3, -0.25) is 4.90 Å². The minimum atomic E-state index is 1.08. The van der Waals surface area contributed by atoms with Gasteiger partial charge in [-0.15, -0.1) is 11.3 Å². The van der Waals surface area contributed by atoms with Gasteiger partial charge in [0.15, 0.2) is 0 Å². The highest BCUT2D eigenvalue weighted by atomic mass is 32.1. The molecule has 2 aliphatic rings. The Hall–Kier alpha value is -1.46. The van der Waals surface area contributed by atoms with Crippen LogP contribution in [0.3, 0.4) is 0 Å². The van der Waals surface area contributed by atoms with E-state index in [9.17, 15) is 0 Å². The normalized spacial score (nSPS) is 19.2. The quantitative estimate of drug-likeness (QED) is 0.872. The first-order chi connectivity index (χ1) is 10.9. The van der Waals surface area contributed by atoms with Crippen LogP contribution in [0.5, 0.6) is 0 Å². The molecule has 22 heavy (non-hydrogen) atoms. The Kier molecular flexibility index (Phi) is 4.08. The van der Waals surface area contributed by atoms with Crippen molar-refractivity contribution >= 4 is 17.2 Å². The van der Waals surface area contributed by atoms with E-state index in [1.165, 1.54) is 41.3 Å². The Labute approximate surface area is 135 Å². The first-order valence-electron chi connectivity index (χ1n) is 8.22. The van der Waals surface area contributed by atoms with Crippen molar-refractivity contribution in [2.75, 3.05) is 31.1 Å². The van der Waals surface area contributed by atoms with E-state index in [0.29, 0.717) is 0 Å². The first kappa shape index (κ1) is 14.2. The number of nitrogens with zero attached hydrogens (tertiary/aromatic N) is 4. The molecule has 0 radical (unpaired) electrons. The van der Waals surface area contributed by atoms with Gasteiger partial charge in [0.25, 0.3) is 0 Å². The fourth-order valence-corrected chi connectivity index (χ4v) is 4.32. The molecule has 0 atom stereocenters. The Morgan fingerprint density at radius 2 is 2.05 bits per heavy atom. The molecule has 1 saturated heterocycles. The molecule has 1 fully saturated rings. The summed E-state index contributed by atoms with van der Waals surface area (Å²) in [7, 11) is 0. The van der Waals surface area contributed by atoms with Crippen molar-refractivity contribution in [3.63, 3.8) is 0 Å². The van der Waals surface area contributed by atoms with Gasteiger partial charge in [0, 0.05) is 48.9 Å². The molecule has 0 unspecified atom stereocenters. The Bertz CT molecular complexity index is 626. The highest BCUT2D eigenvalue weighted by Crippen LogP contribution is 2.28. The summed E-state index contributed by atoms with van der Waals surface area (Å²) in [4.78, 5) is 15.6. The van der Waals surface area contributed by atoms with Crippen molar-refractivity contribution in [3.05, 3.63) is 40.0 Å². The molecule has 0 N–H and O–H groups in total. The number of thiophene rings is 1. The van der Waals surface area contributed by atoms with E-state index in [1.54, 1.807) is 6.33 Å². The van der Waals surface area contributed by atoms with Gasteiger partial charge >= 0.3 is 0 Å². The van der Waals surface area contributed by atoms with Crippen LogP contribution < -0.4 is 4.90 Å². The predicted molar refractivity (Wildman–Crippen MR) is 90.5 cm³/mol. The lowest BCUT2D eigenvalue weighted by molar-refractivity contribution is 0.288. The van der Waals surface area contributed by atoms with Gasteiger partial charge in [0.05, 0.1) is 0 Å². The van der Waals surface area contributed by atoms with Crippen LogP contribution in [0.25, 0.3) is 0 Å². The maximum Gasteiger partial charge on any atom is 0.135 e. The molecular weight excluding hydrogens is 292 g/mol. The van der Waals surface area contributed by atoms with Crippen molar-refractivity contribution < 1.29 is 0 Å². The lowest BCUT2D eigenvalue weighted by Gasteiger charge is -2.24. The highest BCUT2D eigenvalue weighted by molar-refractivity contribution is 7.09. The fourth-order valence-electron chi connectivity index (χ4n) is 3.58. The fraction of sp³-hybridized carbons (Fsp3) is 0.529. The average Bonchev–Trinajstić information content (AvgIpc) is 3.16. The zero-order valence-corrected chi connectivity index (χ0v) is 13.7. The smallest absolute Gasteiger partial charge is 0.135 e. The van der Waals surface area contributed by atoms with Crippen LogP contribution in [-0.4, -0.2) is 41.0 Å². The average molecular weight is 314 g/mol. The molecule has 0 spiro atoms. The molecule has 2 aromatic heterocycles. The molecule has 5 heteroatoms. The number of hydrogen-bond donors (Lipinski definition) is 0. The van der Waals surface area contributed by atoms with Crippen molar-refractivity contribution in [1.82, 2.24) is 14.9 Å². The second-order valence-corrected chi connectivity index (χ2v) is 7.20. The van der Waals surface area contributed by atoms with Crippen molar-refractivity contribution in [1.29, 1.82) is 0 Å². The van der Waals surface area contributed by atoms with E-state index in [2.05, 4.69) is 37.3 Å². The van der Waals surface area contributed by atoms with Gasteiger partial charge < -0.3 is 4.90 Å². The molecule has 4 nitrogen and oxygen atoms in total. The number of rotatable bonds is 3. The van der Waals surface area contributed by atoms with Crippen LogP contribution >= 0.6 is 11.3 Å². The molecule has 1 aliphatic heterocycles. The monoisotopic (exact) mass is 314 g/mol. The summed E-state index contributed by atoms with van der Waals surface area (Å²) in [6, 6.07) is 4.39. The lowest BCUT2D eigenvalue weighted by atomic mass is 10.2. The molecule has 2 aromatic rings. The van der Waals surface area contributed by atoms with Crippen LogP contribution in [0.15, 0.2) is 23.8 Å². The zero-order valence-electron chi connectivity index (χ0n) is 12.9. The van der Waals surface area contributed by atoms with Crippen LogP contribution in [0.1, 0.15) is 29.0 Å². The van der Waals surface area contributed by atoms with Gasteiger partial charge in [0.1, 0.15) is 12.1 Å². The molecule has 0 bridgehead atoms. The summed E-state index contributed by atoms with van der Waals surface area (Å²) in [5.74, 6) is 1.21. The van der Waals surface area contributed by atoms with E-state index in [1.807, 2.05) is 11.3 Å². The topological polar surface area (TPSA) is 32.3 Å². The second kappa shape index (κ2) is 6.34. The highest BCUT2D eigenvalue weighted by Gasteiger charge is 2.23. The van der Waals surface area contributed by atoms with E-state index in [0.717, 1.165) is 39.0 Å². The van der Waals surface area contributed by atoms with E-state index in [-0.39, 0.29) is 0 Å². The second-order valence-electron chi connectivity index (χ2n) is 6.17. The number of fused-ring (bicyclic) bond motifs is 1. The molecule has 0 saturated carbocycles. The minimum absolute atomic E-state index is 1.08. The predicted octanol–water partition coefficient (Wildman–Crippen LogP) is 2.74. The molecular formula is C17H22N4S. The number of aryl methyl sites for hydroxylation is 1. The Balaban J connectivity index is 1.46. The Morgan fingerprint density at radius 1 is 1.05 bits per heavy atom. The standard InChI is InChI=1S/C17H22N4S/c1-5-15-16(6-1)18-13-19-17(15)21-8-3-7-20(9-10-21)12-14-4-2-11-22-14/h2,4,11,13H,1,3,5-10,12H2. The van der Waals surface area contributed by atoms with Crippen LogP contribution in [0.2, 0.25) is 0 Å². The number of aromatic nitrogens is 2. The third-order valence-electron chi connectivity index (χ3n) is 4.70. The summed E-state index contributed by atoms with van der Waals surface area (Å²) in [6.07, 6.45) is 6.49. The summed E-state index contributed by atoms with van der Waals surface area (Å²) < 4.78 is 0. The van der Waals surface area contributed by atoms with Crippen molar-refractivity contribution in [2.45, 2.75) is 32.2 Å². The SMILES string of the molecule is c1csc(CN2CCCN(c3ncnc4c3CCC4)CC2)c1. The third kappa shape index (κ3) is 2.88. The molecule has 3 heterocycles. The van der Waals surface area contributed by atoms with E-state index in [4.69, 9.17) is 0 Å². The molecule has 0 amide bonds. The van der Waals surface area contributed by atoms with Crippen LogP contribution in [0, 0.1) is 0 Å². The summed E-state index contributed by atoms with van der Waals surface area (Å²) in [6.45, 7) is 5.59. The first-order valence-corrected chi connectivity index (χ1v) is 9.10. The molecule has 116 valence electrons. The number of hydrogen-bond acceptors (Lipinski definition) is 5. The maximum atomic E-state index is 4.61. The maximum absolute atomic E-state index is 4.61. The summed E-state index contributed by atoms with van der Waals surface area (Å²) >= 11 is 1.86. The van der Waals surface area contributed by atoms with Gasteiger partial charge in [-0.1, -0.05) is 6.07 Å². The van der Waals surface area contributed by atoms with Crippen LogP contribution in [0.4, 0.5) is 5.82 Å². The number of anilines is 1. The van der Waals surface area contributed by atoms with Crippen molar-refractivity contribution in [3.8, 4) is 0 Å². The molecule has 4 rings (SSSR count). The summed E-state index contributed by atoms with van der Waals surface area (Å²) in [5.41, 5.74) is 2.69. The van der Waals surface area contributed by atoms with E-state index >= 15 is 0 Å². The molecule has 1 aliphatic carbocycles. The van der Waals surface area contributed by atoms with Crippen LogP contribution in [-0.2, 0) is 19.4 Å². The lowest BCUT2D eigenvalue weighted by Crippen LogP contribution is -2.31. The molecule has 0 aromatic carbocycles. The largest absolute Gasteiger partial charge is 0.355 e. The van der Waals surface area contributed by atoms with E-state index < -0.39 is 0 Å².